The number of benzene rings is 1. The molecule has 0 radical (unpaired) electrons. The summed E-state index contributed by atoms with van der Waals surface area (Å²) in [7, 11) is 0. The van der Waals surface area contributed by atoms with Crippen molar-refractivity contribution in [3.8, 4) is 11.4 Å². The summed E-state index contributed by atoms with van der Waals surface area (Å²) in [6, 6.07) is 4.64. The molecule has 15 heavy (non-hydrogen) atoms. The Labute approximate surface area is 90.9 Å². The third-order valence-electron chi connectivity index (χ3n) is 2.00. The zero-order chi connectivity index (χ0) is 10.8. The molecule has 3 nitrogen and oxygen atoms in total. The van der Waals surface area contributed by atoms with Crippen molar-refractivity contribution in [2.24, 2.45) is 0 Å². The van der Waals surface area contributed by atoms with E-state index in [0.717, 1.165) is 0 Å². The van der Waals surface area contributed by atoms with Gasteiger partial charge in [0.2, 0.25) is 11.7 Å². The molecule has 0 saturated heterocycles. The maximum Gasteiger partial charge on any atom is 0.241 e. The predicted molar refractivity (Wildman–Crippen MR) is 54.0 cm³/mol. The zero-order valence-electron chi connectivity index (χ0n) is 8.00. The summed E-state index contributed by atoms with van der Waals surface area (Å²) in [6.45, 7) is 1.68. The van der Waals surface area contributed by atoms with Crippen LogP contribution in [-0.4, -0.2) is 10.1 Å². The van der Waals surface area contributed by atoms with Crippen LogP contribution in [0.4, 0.5) is 4.39 Å². The van der Waals surface area contributed by atoms with Crippen LogP contribution in [0, 0.1) is 12.7 Å². The molecule has 1 heterocycles. The van der Waals surface area contributed by atoms with E-state index >= 15 is 0 Å². The molecular formula is C10H8ClFN2O. The molecule has 2 aromatic rings. The third kappa shape index (κ3) is 1.99. The SMILES string of the molecule is Cc1cc(-c2noc(CCl)n2)ccc1F. The van der Waals surface area contributed by atoms with Crippen LogP contribution in [0.15, 0.2) is 22.7 Å². The average Bonchev–Trinajstić information content (AvgIpc) is 2.70. The second kappa shape index (κ2) is 3.98. The number of hydrogen-bond donors (Lipinski definition) is 0. The van der Waals surface area contributed by atoms with E-state index < -0.39 is 0 Å². The first-order valence-electron chi connectivity index (χ1n) is 4.36. The van der Waals surface area contributed by atoms with Crippen molar-refractivity contribution in [1.82, 2.24) is 10.1 Å². The van der Waals surface area contributed by atoms with E-state index in [4.69, 9.17) is 16.1 Å². The Hall–Kier alpha value is -1.42. The van der Waals surface area contributed by atoms with Gasteiger partial charge in [0.1, 0.15) is 11.7 Å². The van der Waals surface area contributed by atoms with Crippen molar-refractivity contribution in [2.45, 2.75) is 12.8 Å². The highest BCUT2D eigenvalue weighted by Gasteiger charge is 2.08. The van der Waals surface area contributed by atoms with Gasteiger partial charge in [0.05, 0.1) is 0 Å². The molecule has 78 valence electrons. The summed E-state index contributed by atoms with van der Waals surface area (Å²) in [5, 5.41) is 3.74. The minimum absolute atomic E-state index is 0.174. The molecule has 0 spiro atoms. The Balaban J connectivity index is 2.40. The van der Waals surface area contributed by atoms with Crippen molar-refractivity contribution in [3.05, 3.63) is 35.5 Å². The van der Waals surface area contributed by atoms with Crippen LogP contribution >= 0.6 is 11.6 Å². The fourth-order valence-corrected chi connectivity index (χ4v) is 1.32. The molecule has 0 fully saturated rings. The van der Waals surface area contributed by atoms with Crippen molar-refractivity contribution in [3.63, 3.8) is 0 Å². The summed E-state index contributed by atoms with van der Waals surface area (Å²) < 4.78 is 17.9. The second-order valence-corrected chi connectivity index (χ2v) is 3.38. The van der Waals surface area contributed by atoms with Gasteiger partial charge in [-0.3, -0.25) is 0 Å². The van der Waals surface area contributed by atoms with E-state index in [0.29, 0.717) is 22.8 Å². The monoisotopic (exact) mass is 226 g/mol. The lowest BCUT2D eigenvalue weighted by Crippen LogP contribution is -1.86. The first kappa shape index (κ1) is 10.1. The van der Waals surface area contributed by atoms with Crippen LogP contribution in [0.1, 0.15) is 11.5 Å². The highest BCUT2D eigenvalue weighted by Crippen LogP contribution is 2.19. The summed E-state index contributed by atoms with van der Waals surface area (Å²) in [5.74, 6) is 0.704. The molecule has 0 aliphatic carbocycles. The Morgan fingerprint density at radius 2 is 2.27 bits per heavy atom. The summed E-state index contributed by atoms with van der Waals surface area (Å²) in [5.41, 5.74) is 1.26. The molecule has 0 aliphatic rings. The van der Waals surface area contributed by atoms with E-state index in [-0.39, 0.29) is 11.7 Å². The van der Waals surface area contributed by atoms with Crippen LogP contribution in [0.5, 0.6) is 0 Å². The second-order valence-electron chi connectivity index (χ2n) is 3.11. The topological polar surface area (TPSA) is 38.9 Å². The van der Waals surface area contributed by atoms with Gasteiger partial charge in [-0.25, -0.2) is 4.39 Å². The predicted octanol–water partition coefficient (Wildman–Crippen LogP) is 2.92. The normalized spacial score (nSPS) is 10.6. The molecule has 1 aromatic carbocycles. The van der Waals surface area contributed by atoms with E-state index in [1.165, 1.54) is 6.07 Å². The quantitative estimate of drug-likeness (QED) is 0.739. The lowest BCUT2D eigenvalue weighted by atomic mass is 10.1. The minimum atomic E-state index is -0.250. The van der Waals surface area contributed by atoms with Gasteiger partial charge in [-0.15, -0.1) is 11.6 Å². The molecule has 0 saturated carbocycles. The van der Waals surface area contributed by atoms with Crippen molar-refractivity contribution < 1.29 is 8.91 Å². The number of alkyl halides is 1. The van der Waals surface area contributed by atoms with Crippen molar-refractivity contribution >= 4 is 11.6 Å². The fraction of sp³-hybridized carbons (Fsp3) is 0.200. The van der Waals surface area contributed by atoms with E-state index in [1.54, 1.807) is 19.1 Å². The van der Waals surface area contributed by atoms with E-state index in [2.05, 4.69) is 10.1 Å². The zero-order valence-corrected chi connectivity index (χ0v) is 8.75. The summed E-state index contributed by atoms with van der Waals surface area (Å²) in [6.07, 6.45) is 0. The van der Waals surface area contributed by atoms with E-state index in [9.17, 15) is 4.39 Å². The summed E-state index contributed by atoms with van der Waals surface area (Å²) in [4.78, 5) is 4.04. The Morgan fingerprint density at radius 1 is 1.47 bits per heavy atom. The van der Waals surface area contributed by atoms with Gasteiger partial charge >= 0.3 is 0 Å². The first-order chi connectivity index (χ1) is 7.20. The molecule has 0 atom stereocenters. The van der Waals surface area contributed by atoms with Crippen LogP contribution < -0.4 is 0 Å². The number of rotatable bonds is 2. The molecule has 2 rings (SSSR count). The number of hydrogen-bond acceptors (Lipinski definition) is 3. The smallest absolute Gasteiger partial charge is 0.241 e. The largest absolute Gasteiger partial charge is 0.338 e. The van der Waals surface area contributed by atoms with Crippen LogP contribution in [0.2, 0.25) is 0 Å². The van der Waals surface area contributed by atoms with Gasteiger partial charge in [0.15, 0.2) is 0 Å². The Morgan fingerprint density at radius 3 is 2.87 bits per heavy atom. The van der Waals surface area contributed by atoms with Crippen molar-refractivity contribution in [2.75, 3.05) is 0 Å². The lowest BCUT2D eigenvalue weighted by Gasteiger charge is -1.97. The van der Waals surface area contributed by atoms with Gasteiger partial charge in [0, 0.05) is 5.56 Å². The number of nitrogens with zero attached hydrogens (tertiary/aromatic N) is 2. The number of aryl methyl sites for hydroxylation is 1. The molecule has 0 bridgehead atoms. The molecule has 0 N–H and O–H groups in total. The van der Waals surface area contributed by atoms with Crippen molar-refractivity contribution in [1.29, 1.82) is 0 Å². The molecule has 0 aliphatic heterocycles. The maximum absolute atomic E-state index is 13.0. The first-order valence-corrected chi connectivity index (χ1v) is 4.89. The van der Waals surface area contributed by atoms with Gasteiger partial charge in [-0.2, -0.15) is 4.98 Å². The highest BCUT2D eigenvalue weighted by atomic mass is 35.5. The van der Waals surface area contributed by atoms with Gasteiger partial charge < -0.3 is 4.52 Å². The molecule has 1 aromatic heterocycles. The number of halogens is 2. The van der Waals surface area contributed by atoms with Crippen LogP contribution in [0.3, 0.4) is 0 Å². The van der Waals surface area contributed by atoms with E-state index in [1.807, 2.05) is 0 Å². The average molecular weight is 227 g/mol. The van der Waals surface area contributed by atoms with Crippen LogP contribution in [-0.2, 0) is 5.88 Å². The molecule has 0 unspecified atom stereocenters. The lowest BCUT2D eigenvalue weighted by molar-refractivity contribution is 0.391. The highest BCUT2D eigenvalue weighted by molar-refractivity contribution is 6.16. The standard InChI is InChI=1S/C10H8ClFN2O/c1-6-4-7(2-3-8(6)12)10-13-9(5-11)15-14-10/h2-4H,5H2,1H3. The van der Waals surface area contributed by atoms with Gasteiger partial charge in [-0.05, 0) is 30.7 Å². The minimum Gasteiger partial charge on any atom is -0.338 e. The maximum atomic E-state index is 13.0. The Bertz CT molecular complexity index is 484. The molecule has 0 amide bonds. The fourth-order valence-electron chi connectivity index (χ4n) is 1.21. The summed E-state index contributed by atoms with van der Waals surface area (Å²) >= 11 is 5.53. The van der Waals surface area contributed by atoms with Gasteiger partial charge in [-0.1, -0.05) is 5.16 Å². The molecular weight excluding hydrogens is 219 g/mol. The van der Waals surface area contributed by atoms with Gasteiger partial charge in [0.25, 0.3) is 0 Å². The Kier molecular flexibility index (Phi) is 2.68. The molecule has 5 heteroatoms. The van der Waals surface area contributed by atoms with Crippen LogP contribution in [0.25, 0.3) is 11.4 Å². The number of aromatic nitrogens is 2. The third-order valence-corrected chi connectivity index (χ3v) is 2.23.